The zero-order valence-electron chi connectivity index (χ0n) is 11.2. The molecule has 0 bridgehead atoms. The molecule has 0 spiro atoms. The van der Waals surface area contributed by atoms with Crippen LogP contribution in [-0.4, -0.2) is 18.8 Å². The van der Waals surface area contributed by atoms with Gasteiger partial charge < -0.3 is 14.6 Å². The van der Waals surface area contributed by atoms with Crippen molar-refractivity contribution in [1.82, 2.24) is 0 Å². The summed E-state index contributed by atoms with van der Waals surface area (Å²) in [5.74, 6) is -1.22. The number of rotatable bonds is 6. The number of halogens is 2. The number of hydrogen-bond donors (Lipinski definition) is 1. The number of nitrogens with one attached hydrogen (secondary N) is 1. The van der Waals surface area contributed by atoms with Crippen LogP contribution in [0, 0.1) is 0 Å². The minimum absolute atomic E-state index is 0.0358. The minimum atomic E-state index is -2.86. The van der Waals surface area contributed by atoms with Crippen LogP contribution in [0.25, 0.3) is 0 Å². The number of alkyl halides is 2. The number of ether oxygens (including phenoxy) is 1. The van der Waals surface area contributed by atoms with Crippen molar-refractivity contribution in [2.24, 2.45) is 5.10 Å². The summed E-state index contributed by atoms with van der Waals surface area (Å²) in [5.41, 5.74) is 3.84. The lowest BCUT2D eigenvalue weighted by Gasteiger charge is -2.05. The van der Waals surface area contributed by atoms with Crippen molar-refractivity contribution in [3.05, 3.63) is 59.7 Å². The first-order valence-electron chi connectivity index (χ1n) is 6.20. The van der Waals surface area contributed by atoms with E-state index in [0.29, 0.717) is 11.3 Å². The topological polar surface area (TPSA) is 73.8 Å². The molecule has 0 heterocycles. The maximum Gasteiger partial charge on any atom is 0.387 e. The van der Waals surface area contributed by atoms with Gasteiger partial charge in [-0.25, -0.2) is 0 Å². The highest BCUT2D eigenvalue weighted by atomic mass is 19.3. The molecule has 0 aliphatic rings. The summed E-state index contributed by atoms with van der Waals surface area (Å²) in [7, 11) is 0. The Morgan fingerprint density at radius 1 is 1.23 bits per heavy atom. The molecule has 114 valence electrons. The molecule has 5 nitrogen and oxygen atoms in total. The van der Waals surface area contributed by atoms with Crippen LogP contribution in [0.3, 0.4) is 0 Å². The molecule has 7 heteroatoms. The maximum atomic E-state index is 12.0. The quantitative estimate of drug-likeness (QED) is 0.655. The van der Waals surface area contributed by atoms with E-state index >= 15 is 0 Å². The highest BCUT2D eigenvalue weighted by Gasteiger charge is 2.02. The molecule has 0 atom stereocenters. The second-order valence-corrected chi connectivity index (χ2v) is 4.19. The molecule has 2 aromatic carbocycles. The van der Waals surface area contributed by atoms with Gasteiger partial charge >= 0.3 is 6.61 Å². The Morgan fingerprint density at radius 3 is 2.59 bits per heavy atom. The molecule has 0 aliphatic heterocycles. The average Bonchev–Trinajstić information content (AvgIpc) is 2.49. The maximum absolute atomic E-state index is 12.0. The molecule has 0 fully saturated rings. The van der Waals surface area contributed by atoms with Crippen molar-refractivity contribution in [1.29, 1.82) is 0 Å². The molecule has 0 aromatic heterocycles. The lowest BCUT2D eigenvalue weighted by Crippen LogP contribution is -2.22. The van der Waals surface area contributed by atoms with Gasteiger partial charge in [-0.2, -0.15) is 13.9 Å². The van der Waals surface area contributed by atoms with Gasteiger partial charge in [0, 0.05) is 0 Å². The average molecular weight is 305 g/mol. The molecule has 1 N–H and O–H groups in total. The number of carboxylic acids is 1. The molecular weight excluding hydrogens is 294 g/mol. The van der Waals surface area contributed by atoms with E-state index < -0.39 is 12.6 Å². The van der Waals surface area contributed by atoms with E-state index in [9.17, 15) is 18.7 Å². The highest BCUT2D eigenvalue weighted by Crippen LogP contribution is 2.14. The Morgan fingerprint density at radius 2 is 1.95 bits per heavy atom. The fourth-order valence-corrected chi connectivity index (χ4v) is 1.63. The number of hydrazone groups is 1. The fourth-order valence-electron chi connectivity index (χ4n) is 1.63. The lowest BCUT2D eigenvalue weighted by molar-refractivity contribution is -0.255. The third-order valence-electron chi connectivity index (χ3n) is 2.61. The molecular formula is C15H11F2N2O3-. The molecule has 0 unspecified atom stereocenters. The molecule has 0 radical (unpaired) electrons. The summed E-state index contributed by atoms with van der Waals surface area (Å²) in [6.45, 7) is -2.86. The number of carboxylic acid groups (broad SMARTS) is 1. The van der Waals surface area contributed by atoms with E-state index in [0.717, 1.165) is 0 Å². The van der Waals surface area contributed by atoms with Crippen LogP contribution in [0.4, 0.5) is 14.5 Å². The van der Waals surface area contributed by atoms with Crippen LogP contribution < -0.4 is 15.3 Å². The zero-order valence-corrected chi connectivity index (χ0v) is 11.2. The van der Waals surface area contributed by atoms with Gasteiger partial charge in [0.25, 0.3) is 0 Å². The Labute approximate surface area is 124 Å². The van der Waals surface area contributed by atoms with Crippen molar-refractivity contribution < 1.29 is 23.4 Å². The third kappa shape index (κ3) is 4.55. The van der Waals surface area contributed by atoms with Gasteiger partial charge in [0.1, 0.15) is 5.75 Å². The van der Waals surface area contributed by atoms with E-state index in [-0.39, 0.29) is 11.3 Å². The number of nitrogens with zero attached hydrogens (tertiary/aromatic N) is 1. The van der Waals surface area contributed by atoms with Crippen LogP contribution in [0.2, 0.25) is 0 Å². The number of carbonyl (C=O) groups excluding carboxylic acids is 1. The monoisotopic (exact) mass is 305 g/mol. The first-order chi connectivity index (χ1) is 10.5. The number of carbonyl (C=O) groups is 1. The van der Waals surface area contributed by atoms with E-state index in [4.69, 9.17) is 0 Å². The molecule has 0 saturated heterocycles. The van der Waals surface area contributed by atoms with E-state index in [1.54, 1.807) is 24.3 Å². The van der Waals surface area contributed by atoms with E-state index in [1.807, 2.05) is 0 Å². The van der Waals surface area contributed by atoms with Crippen LogP contribution in [-0.2, 0) is 0 Å². The molecule has 0 saturated carbocycles. The summed E-state index contributed by atoms with van der Waals surface area (Å²) in [4.78, 5) is 10.7. The number of aromatic carboxylic acids is 1. The standard InChI is InChI=1S/C15H12F2N2O3/c16-15(17)22-13-6-4-10(5-7-13)9-18-19-12-3-1-2-11(8-12)14(20)21/h1-9,15,19H,(H,20,21)/p-1/b18-9-. The van der Waals surface area contributed by atoms with Crippen LogP contribution in [0.15, 0.2) is 53.6 Å². The van der Waals surface area contributed by atoms with Gasteiger partial charge in [0.15, 0.2) is 0 Å². The van der Waals surface area contributed by atoms with Crippen molar-refractivity contribution in [2.45, 2.75) is 6.61 Å². The van der Waals surface area contributed by atoms with Crippen LogP contribution in [0.1, 0.15) is 15.9 Å². The van der Waals surface area contributed by atoms with Gasteiger partial charge in [-0.15, -0.1) is 0 Å². The van der Waals surface area contributed by atoms with E-state index in [2.05, 4.69) is 15.3 Å². The summed E-state index contributed by atoms with van der Waals surface area (Å²) < 4.78 is 28.2. The van der Waals surface area contributed by atoms with Gasteiger partial charge in [-0.1, -0.05) is 12.1 Å². The molecule has 22 heavy (non-hydrogen) atoms. The van der Waals surface area contributed by atoms with Crippen LogP contribution >= 0.6 is 0 Å². The highest BCUT2D eigenvalue weighted by molar-refractivity contribution is 5.87. The molecule has 2 rings (SSSR count). The van der Waals surface area contributed by atoms with E-state index in [1.165, 1.54) is 30.5 Å². The molecule has 0 aliphatic carbocycles. The predicted molar refractivity (Wildman–Crippen MR) is 75.1 cm³/mol. The van der Waals surface area contributed by atoms with Gasteiger partial charge in [0.2, 0.25) is 0 Å². The SMILES string of the molecule is O=C([O-])c1cccc(N/N=C\c2ccc(OC(F)F)cc2)c1. The van der Waals surface area contributed by atoms with Gasteiger partial charge in [-0.05, 0) is 47.5 Å². The second-order valence-electron chi connectivity index (χ2n) is 4.19. The Kier molecular flexibility index (Phi) is 5.02. The fraction of sp³-hybridized carbons (Fsp3) is 0.0667. The largest absolute Gasteiger partial charge is 0.545 e. The number of anilines is 1. The Hall–Kier alpha value is -2.96. The predicted octanol–water partition coefficient (Wildman–Crippen LogP) is 2.10. The summed E-state index contributed by atoms with van der Waals surface area (Å²) in [6, 6.07) is 11.9. The van der Waals surface area contributed by atoms with Crippen molar-refractivity contribution in [3.8, 4) is 5.75 Å². The van der Waals surface area contributed by atoms with Crippen molar-refractivity contribution in [2.75, 3.05) is 5.43 Å². The zero-order chi connectivity index (χ0) is 15.9. The lowest BCUT2D eigenvalue weighted by atomic mass is 10.2. The first-order valence-corrected chi connectivity index (χ1v) is 6.20. The van der Waals surface area contributed by atoms with Crippen molar-refractivity contribution >= 4 is 17.9 Å². The third-order valence-corrected chi connectivity index (χ3v) is 2.61. The Bertz CT molecular complexity index is 673. The summed E-state index contributed by atoms with van der Waals surface area (Å²) >= 11 is 0. The first kappa shape index (κ1) is 15.4. The van der Waals surface area contributed by atoms with Gasteiger partial charge in [-0.3, -0.25) is 5.43 Å². The summed E-state index contributed by atoms with van der Waals surface area (Å²) in [6.07, 6.45) is 1.46. The number of hydrogen-bond acceptors (Lipinski definition) is 5. The molecule has 0 amide bonds. The minimum Gasteiger partial charge on any atom is -0.545 e. The second kappa shape index (κ2) is 7.16. The van der Waals surface area contributed by atoms with Crippen molar-refractivity contribution in [3.63, 3.8) is 0 Å². The summed E-state index contributed by atoms with van der Waals surface area (Å²) in [5, 5.41) is 14.6. The molecule has 2 aromatic rings. The Balaban J connectivity index is 1.97. The smallest absolute Gasteiger partial charge is 0.387 e. The normalized spacial score (nSPS) is 10.9. The van der Waals surface area contributed by atoms with Crippen LogP contribution in [0.5, 0.6) is 5.75 Å². The number of benzene rings is 2. The van der Waals surface area contributed by atoms with Gasteiger partial charge in [0.05, 0.1) is 17.9 Å².